The molecule has 1 aliphatic heterocycles. The topological polar surface area (TPSA) is 3.24 Å². The Morgan fingerprint density at radius 2 is 1.56 bits per heavy atom. The molecule has 1 heteroatoms. The number of hydrogen-bond donors (Lipinski definition) is 0. The van der Waals surface area contributed by atoms with Gasteiger partial charge in [0.1, 0.15) is 0 Å². The molecule has 88 valence electrons. The molecule has 0 bridgehead atoms. The first-order valence-corrected chi connectivity index (χ1v) is 6.58. The Bertz CT molecular complexity index is 300. The second kappa shape index (κ2) is 5.49. The Morgan fingerprint density at radius 1 is 0.938 bits per heavy atom. The van der Waals surface area contributed by atoms with Crippen molar-refractivity contribution in [3.05, 3.63) is 35.9 Å². The van der Waals surface area contributed by atoms with Crippen LogP contribution in [0, 0.1) is 0 Å². The third-order valence-electron chi connectivity index (χ3n) is 4.02. The summed E-state index contributed by atoms with van der Waals surface area (Å²) in [6.07, 6.45) is 4.18. The van der Waals surface area contributed by atoms with Crippen molar-refractivity contribution in [2.24, 2.45) is 0 Å². The first-order chi connectivity index (χ1) is 7.79. The van der Waals surface area contributed by atoms with Gasteiger partial charge in [0.2, 0.25) is 0 Å². The Labute approximate surface area is 99.5 Å². The molecule has 2 unspecified atom stereocenters. The summed E-state index contributed by atoms with van der Waals surface area (Å²) < 4.78 is 0. The number of rotatable bonds is 3. The fourth-order valence-corrected chi connectivity index (χ4v) is 2.68. The minimum Gasteiger partial charge on any atom is -0.300 e. The van der Waals surface area contributed by atoms with Gasteiger partial charge in [0, 0.05) is 6.04 Å². The largest absolute Gasteiger partial charge is 0.300 e. The minimum absolute atomic E-state index is 0.638. The van der Waals surface area contributed by atoms with Crippen LogP contribution < -0.4 is 0 Å². The van der Waals surface area contributed by atoms with Crippen LogP contribution in [-0.2, 0) is 0 Å². The molecule has 1 fully saturated rings. The van der Waals surface area contributed by atoms with Crippen molar-refractivity contribution in [3.63, 3.8) is 0 Å². The normalized spacial score (nSPS) is 21.6. The number of benzene rings is 1. The van der Waals surface area contributed by atoms with E-state index in [0.717, 1.165) is 0 Å². The average Bonchev–Trinajstić information content (AvgIpc) is 2.39. The monoisotopic (exact) mass is 217 g/mol. The lowest BCUT2D eigenvalue weighted by atomic mass is 9.92. The zero-order chi connectivity index (χ0) is 11.4. The molecule has 0 aliphatic carbocycles. The molecule has 0 amide bonds. The highest BCUT2D eigenvalue weighted by molar-refractivity contribution is 5.20. The van der Waals surface area contributed by atoms with Gasteiger partial charge in [-0.1, -0.05) is 43.7 Å². The highest BCUT2D eigenvalue weighted by atomic mass is 15.2. The van der Waals surface area contributed by atoms with Gasteiger partial charge < -0.3 is 4.90 Å². The fourth-order valence-electron chi connectivity index (χ4n) is 2.68. The van der Waals surface area contributed by atoms with E-state index in [1.807, 2.05) is 0 Å². The van der Waals surface area contributed by atoms with Gasteiger partial charge in [-0.2, -0.15) is 0 Å². The highest BCUT2D eigenvalue weighted by Crippen LogP contribution is 2.24. The quantitative estimate of drug-likeness (QED) is 0.747. The van der Waals surface area contributed by atoms with Crippen LogP contribution in [0.1, 0.15) is 44.6 Å². The van der Waals surface area contributed by atoms with E-state index in [4.69, 9.17) is 0 Å². The molecule has 2 atom stereocenters. The number of hydrogen-bond acceptors (Lipinski definition) is 1. The summed E-state index contributed by atoms with van der Waals surface area (Å²) in [6.45, 7) is 7.31. The Hall–Kier alpha value is -0.820. The predicted molar refractivity (Wildman–Crippen MR) is 69.7 cm³/mol. The van der Waals surface area contributed by atoms with Gasteiger partial charge in [-0.25, -0.2) is 0 Å². The van der Waals surface area contributed by atoms with Crippen molar-refractivity contribution in [1.82, 2.24) is 4.90 Å². The van der Waals surface area contributed by atoms with Crippen LogP contribution in [0.15, 0.2) is 30.3 Å². The van der Waals surface area contributed by atoms with Crippen molar-refractivity contribution >= 4 is 0 Å². The van der Waals surface area contributed by atoms with Crippen LogP contribution in [0.25, 0.3) is 0 Å². The van der Waals surface area contributed by atoms with Crippen LogP contribution in [0.2, 0.25) is 0 Å². The van der Waals surface area contributed by atoms with E-state index in [9.17, 15) is 0 Å². The summed E-state index contributed by atoms with van der Waals surface area (Å²) in [7, 11) is 0. The maximum absolute atomic E-state index is 2.65. The van der Waals surface area contributed by atoms with Gasteiger partial charge in [-0.05, 0) is 44.3 Å². The standard InChI is InChI=1S/C15H23N/c1-13(15-9-5-3-6-10-15)14(2)16-11-7-4-8-12-16/h3,5-6,9-10,13-14H,4,7-8,11-12H2,1-2H3. The highest BCUT2D eigenvalue weighted by Gasteiger charge is 2.22. The first-order valence-electron chi connectivity index (χ1n) is 6.58. The smallest absolute Gasteiger partial charge is 0.0133 e. The molecule has 1 aromatic carbocycles. The van der Waals surface area contributed by atoms with Gasteiger partial charge in [0.05, 0.1) is 0 Å². The molecule has 0 N–H and O–H groups in total. The third-order valence-corrected chi connectivity index (χ3v) is 4.02. The van der Waals surface area contributed by atoms with E-state index < -0.39 is 0 Å². The lowest BCUT2D eigenvalue weighted by Crippen LogP contribution is -2.40. The van der Waals surface area contributed by atoms with Crippen molar-refractivity contribution in [2.45, 2.75) is 45.1 Å². The van der Waals surface area contributed by atoms with Gasteiger partial charge >= 0.3 is 0 Å². The second-order valence-corrected chi connectivity index (χ2v) is 5.04. The molecule has 1 aromatic rings. The molecule has 1 saturated heterocycles. The number of piperidine rings is 1. The predicted octanol–water partition coefficient (Wildman–Crippen LogP) is 3.66. The Balaban J connectivity index is 2.00. The lowest BCUT2D eigenvalue weighted by molar-refractivity contribution is 0.157. The summed E-state index contributed by atoms with van der Waals surface area (Å²) in [5.74, 6) is 0.638. The van der Waals surface area contributed by atoms with E-state index in [2.05, 4.69) is 49.1 Å². The van der Waals surface area contributed by atoms with E-state index in [1.165, 1.54) is 37.9 Å². The maximum Gasteiger partial charge on any atom is 0.0133 e. The molecule has 16 heavy (non-hydrogen) atoms. The summed E-state index contributed by atoms with van der Waals surface area (Å²) in [5, 5.41) is 0. The van der Waals surface area contributed by atoms with Crippen molar-refractivity contribution in [3.8, 4) is 0 Å². The lowest BCUT2D eigenvalue weighted by Gasteiger charge is -2.36. The van der Waals surface area contributed by atoms with Crippen molar-refractivity contribution < 1.29 is 0 Å². The molecule has 0 saturated carbocycles. The minimum atomic E-state index is 0.638. The van der Waals surface area contributed by atoms with Gasteiger partial charge in [0.15, 0.2) is 0 Å². The van der Waals surface area contributed by atoms with Gasteiger partial charge in [0.25, 0.3) is 0 Å². The van der Waals surface area contributed by atoms with E-state index in [-0.39, 0.29) is 0 Å². The van der Waals surface area contributed by atoms with E-state index >= 15 is 0 Å². The van der Waals surface area contributed by atoms with E-state index in [1.54, 1.807) is 0 Å². The van der Waals surface area contributed by atoms with Gasteiger partial charge in [-0.3, -0.25) is 0 Å². The number of nitrogens with zero attached hydrogens (tertiary/aromatic N) is 1. The molecule has 0 aromatic heterocycles. The molecule has 2 rings (SSSR count). The molecular weight excluding hydrogens is 194 g/mol. The van der Waals surface area contributed by atoms with Crippen molar-refractivity contribution in [2.75, 3.05) is 13.1 Å². The molecular formula is C15H23N. The molecule has 0 radical (unpaired) electrons. The van der Waals surface area contributed by atoms with Crippen LogP contribution in [0.4, 0.5) is 0 Å². The molecule has 1 nitrogen and oxygen atoms in total. The zero-order valence-electron chi connectivity index (χ0n) is 10.5. The fraction of sp³-hybridized carbons (Fsp3) is 0.600. The second-order valence-electron chi connectivity index (χ2n) is 5.04. The summed E-state index contributed by atoms with van der Waals surface area (Å²) >= 11 is 0. The number of likely N-dealkylation sites (tertiary alicyclic amines) is 1. The van der Waals surface area contributed by atoms with Crippen molar-refractivity contribution in [1.29, 1.82) is 0 Å². The molecule has 1 heterocycles. The summed E-state index contributed by atoms with van der Waals surface area (Å²) in [4.78, 5) is 2.65. The van der Waals surface area contributed by atoms with Crippen LogP contribution in [-0.4, -0.2) is 24.0 Å². The Kier molecular flexibility index (Phi) is 4.00. The van der Waals surface area contributed by atoms with Crippen LogP contribution in [0.5, 0.6) is 0 Å². The molecule has 0 spiro atoms. The third kappa shape index (κ3) is 2.65. The Morgan fingerprint density at radius 3 is 2.19 bits per heavy atom. The summed E-state index contributed by atoms with van der Waals surface area (Å²) in [6, 6.07) is 11.6. The van der Waals surface area contributed by atoms with Crippen LogP contribution in [0.3, 0.4) is 0 Å². The average molecular weight is 217 g/mol. The van der Waals surface area contributed by atoms with Crippen LogP contribution >= 0.6 is 0 Å². The molecule has 1 aliphatic rings. The zero-order valence-corrected chi connectivity index (χ0v) is 10.5. The van der Waals surface area contributed by atoms with E-state index in [0.29, 0.717) is 12.0 Å². The maximum atomic E-state index is 2.65. The summed E-state index contributed by atoms with van der Waals surface area (Å²) in [5.41, 5.74) is 1.47. The SMILES string of the molecule is CC(c1ccccc1)C(C)N1CCCCC1. The van der Waals surface area contributed by atoms with Gasteiger partial charge in [-0.15, -0.1) is 0 Å². The first kappa shape index (κ1) is 11.7.